The fourth-order valence-electron chi connectivity index (χ4n) is 4.40. The van der Waals surface area contributed by atoms with E-state index in [4.69, 9.17) is 9.47 Å². The van der Waals surface area contributed by atoms with E-state index < -0.39 is 0 Å². The van der Waals surface area contributed by atoms with Crippen molar-refractivity contribution in [1.82, 2.24) is 4.90 Å². The molecule has 1 saturated heterocycles. The van der Waals surface area contributed by atoms with Crippen LogP contribution >= 0.6 is 0 Å². The SMILES string of the molecule is COc1ccc(C(CCN2CCN(c3ccccc3C)CC2)Oc2cc(C)ccc2F)cc1. The Bertz CT molecular complexity index is 1050. The molecule has 33 heavy (non-hydrogen) atoms. The van der Waals surface area contributed by atoms with Crippen LogP contribution in [-0.4, -0.2) is 44.7 Å². The lowest BCUT2D eigenvalue weighted by atomic mass is 10.1. The van der Waals surface area contributed by atoms with Crippen LogP contribution in [0.3, 0.4) is 0 Å². The maximum absolute atomic E-state index is 14.4. The number of nitrogens with zero attached hydrogens (tertiary/aromatic N) is 2. The molecule has 0 saturated carbocycles. The Morgan fingerprint density at radius 3 is 2.33 bits per heavy atom. The molecular formula is C28H33FN2O2. The van der Waals surface area contributed by atoms with Crippen LogP contribution in [0.5, 0.6) is 11.5 Å². The maximum Gasteiger partial charge on any atom is 0.165 e. The van der Waals surface area contributed by atoms with E-state index in [1.807, 2.05) is 31.2 Å². The van der Waals surface area contributed by atoms with Gasteiger partial charge in [0.25, 0.3) is 0 Å². The van der Waals surface area contributed by atoms with Crippen LogP contribution in [0, 0.1) is 19.7 Å². The maximum atomic E-state index is 14.4. The van der Waals surface area contributed by atoms with Crippen molar-refractivity contribution in [2.45, 2.75) is 26.4 Å². The average Bonchev–Trinajstić information content (AvgIpc) is 2.84. The Labute approximate surface area is 196 Å². The highest BCUT2D eigenvalue weighted by Crippen LogP contribution is 2.29. The predicted octanol–water partition coefficient (Wildman–Crippen LogP) is 5.78. The van der Waals surface area contributed by atoms with Crippen LogP contribution in [-0.2, 0) is 0 Å². The van der Waals surface area contributed by atoms with Gasteiger partial charge in [0.1, 0.15) is 11.9 Å². The summed E-state index contributed by atoms with van der Waals surface area (Å²) in [5, 5.41) is 0. The Morgan fingerprint density at radius 1 is 0.909 bits per heavy atom. The number of anilines is 1. The number of hydrogen-bond donors (Lipinski definition) is 0. The van der Waals surface area contributed by atoms with Crippen molar-refractivity contribution in [3.8, 4) is 11.5 Å². The minimum atomic E-state index is -0.328. The number of methoxy groups -OCH3 is 1. The van der Waals surface area contributed by atoms with E-state index in [-0.39, 0.29) is 11.9 Å². The Morgan fingerprint density at radius 2 is 1.64 bits per heavy atom. The number of benzene rings is 3. The van der Waals surface area contributed by atoms with Crippen molar-refractivity contribution in [2.75, 3.05) is 44.7 Å². The highest BCUT2D eigenvalue weighted by atomic mass is 19.1. The van der Waals surface area contributed by atoms with Crippen LogP contribution in [0.4, 0.5) is 10.1 Å². The first-order valence-corrected chi connectivity index (χ1v) is 11.6. The standard InChI is InChI=1S/C28H33FN2O2/c1-21-8-13-25(29)28(20-21)33-27(23-9-11-24(32-3)12-10-23)14-15-30-16-18-31(19-17-30)26-7-5-4-6-22(26)2/h4-13,20,27H,14-19H2,1-3H3. The Kier molecular flexibility index (Phi) is 7.50. The molecule has 1 heterocycles. The Hall–Kier alpha value is -3.05. The summed E-state index contributed by atoms with van der Waals surface area (Å²) in [6.45, 7) is 9.03. The molecule has 5 heteroatoms. The molecule has 4 nitrogen and oxygen atoms in total. The summed E-state index contributed by atoms with van der Waals surface area (Å²) in [5.74, 6) is 0.776. The van der Waals surface area contributed by atoms with Crippen LogP contribution in [0.15, 0.2) is 66.7 Å². The number of para-hydroxylation sites is 1. The lowest BCUT2D eigenvalue weighted by molar-refractivity contribution is 0.154. The van der Waals surface area contributed by atoms with Crippen LogP contribution in [0.25, 0.3) is 0 Å². The number of ether oxygens (including phenoxy) is 2. The molecule has 1 atom stereocenters. The molecule has 0 radical (unpaired) electrons. The summed E-state index contributed by atoms with van der Waals surface area (Å²) in [4.78, 5) is 4.94. The number of hydrogen-bond acceptors (Lipinski definition) is 4. The van der Waals surface area contributed by atoms with Gasteiger partial charge in [-0.05, 0) is 60.9 Å². The molecule has 0 aromatic heterocycles. The van der Waals surface area contributed by atoms with Crippen molar-refractivity contribution in [3.63, 3.8) is 0 Å². The third-order valence-electron chi connectivity index (χ3n) is 6.38. The third-order valence-corrected chi connectivity index (χ3v) is 6.38. The summed E-state index contributed by atoms with van der Waals surface area (Å²) in [5.41, 5.74) is 4.65. The molecule has 0 amide bonds. The van der Waals surface area contributed by atoms with Crippen LogP contribution in [0.1, 0.15) is 29.2 Å². The zero-order chi connectivity index (χ0) is 23.2. The minimum absolute atomic E-state index is 0.235. The molecule has 1 unspecified atom stereocenters. The van der Waals surface area contributed by atoms with Crippen LogP contribution in [0.2, 0.25) is 0 Å². The Balaban J connectivity index is 1.42. The van der Waals surface area contributed by atoms with Crippen molar-refractivity contribution < 1.29 is 13.9 Å². The highest BCUT2D eigenvalue weighted by Gasteiger charge is 2.21. The molecule has 1 aliphatic heterocycles. The van der Waals surface area contributed by atoms with Gasteiger partial charge in [-0.25, -0.2) is 4.39 Å². The molecular weight excluding hydrogens is 415 g/mol. The van der Waals surface area contributed by atoms with E-state index in [1.54, 1.807) is 19.2 Å². The fourth-order valence-corrected chi connectivity index (χ4v) is 4.40. The summed E-state index contributed by atoms with van der Waals surface area (Å²) in [6, 6.07) is 21.4. The molecule has 4 rings (SSSR count). The monoisotopic (exact) mass is 448 g/mol. The largest absolute Gasteiger partial charge is 0.497 e. The van der Waals surface area contributed by atoms with Gasteiger partial charge in [-0.2, -0.15) is 0 Å². The zero-order valence-electron chi connectivity index (χ0n) is 19.8. The third kappa shape index (κ3) is 5.85. The molecule has 0 aliphatic carbocycles. The van der Waals surface area contributed by atoms with Gasteiger partial charge >= 0.3 is 0 Å². The van der Waals surface area contributed by atoms with Gasteiger partial charge in [-0.3, -0.25) is 4.90 Å². The molecule has 174 valence electrons. The number of halogens is 1. The second-order valence-corrected chi connectivity index (χ2v) is 8.72. The van der Waals surface area contributed by atoms with E-state index in [9.17, 15) is 4.39 Å². The summed E-state index contributed by atoms with van der Waals surface area (Å²) in [7, 11) is 1.65. The molecule has 1 fully saturated rings. The average molecular weight is 449 g/mol. The van der Waals surface area contributed by atoms with Gasteiger partial charge in [0.15, 0.2) is 11.6 Å². The summed E-state index contributed by atoms with van der Waals surface area (Å²) >= 11 is 0. The first-order valence-electron chi connectivity index (χ1n) is 11.6. The zero-order valence-corrected chi connectivity index (χ0v) is 19.8. The minimum Gasteiger partial charge on any atom is -0.497 e. The lowest BCUT2D eigenvalue weighted by Gasteiger charge is -2.37. The van der Waals surface area contributed by atoms with Gasteiger partial charge in [-0.15, -0.1) is 0 Å². The van der Waals surface area contributed by atoms with Gasteiger partial charge in [0.2, 0.25) is 0 Å². The predicted molar refractivity (Wildman–Crippen MR) is 132 cm³/mol. The molecule has 0 spiro atoms. The van der Waals surface area contributed by atoms with Crippen LogP contribution < -0.4 is 14.4 Å². The lowest BCUT2D eigenvalue weighted by Crippen LogP contribution is -2.47. The van der Waals surface area contributed by atoms with E-state index in [0.717, 1.165) is 56.0 Å². The second-order valence-electron chi connectivity index (χ2n) is 8.72. The summed E-state index contributed by atoms with van der Waals surface area (Å²) < 4.78 is 26.0. The molecule has 3 aromatic rings. The van der Waals surface area contributed by atoms with Crippen molar-refractivity contribution >= 4 is 5.69 Å². The van der Waals surface area contributed by atoms with Gasteiger partial charge < -0.3 is 14.4 Å². The number of aryl methyl sites for hydroxylation is 2. The van der Waals surface area contributed by atoms with Crippen molar-refractivity contribution in [3.05, 3.63) is 89.2 Å². The normalized spacial score (nSPS) is 15.3. The smallest absolute Gasteiger partial charge is 0.165 e. The second kappa shape index (κ2) is 10.7. The van der Waals surface area contributed by atoms with Gasteiger partial charge in [0.05, 0.1) is 7.11 Å². The molecule has 1 aliphatic rings. The van der Waals surface area contributed by atoms with E-state index in [1.165, 1.54) is 17.3 Å². The topological polar surface area (TPSA) is 24.9 Å². The summed E-state index contributed by atoms with van der Waals surface area (Å²) in [6.07, 6.45) is 0.547. The van der Waals surface area contributed by atoms with E-state index in [0.29, 0.717) is 5.75 Å². The molecule has 3 aromatic carbocycles. The first kappa shape index (κ1) is 23.1. The van der Waals surface area contributed by atoms with E-state index >= 15 is 0 Å². The first-order chi connectivity index (χ1) is 16.0. The van der Waals surface area contributed by atoms with E-state index in [2.05, 4.69) is 41.0 Å². The van der Waals surface area contributed by atoms with Gasteiger partial charge in [0, 0.05) is 44.8 Å². The van der Waals surface area contributed by atoms with Gasteiger partial charge in [-0.1, -0.05) is 36.4 Å². The molecule has 0 N–H and O–H groups in total. The number of piperazine rings is 1. The highest BCUT2D eigenvalue weighted by molar-refractivity contribution is 5.53. The van der Waals surface area contributed by atoms with Crippen molar-refractivity contribution in [1.29, 1.82) is 0 Å². The molecule has 0 bridgehead atoms. The number of rotatable bonds is 8. The quantitative estimate of drug-likeness (QED) is 0.436. The van der Waals surface area contributed by atoms with Crippen molar-refractivity contribution in [2.24, 2.45) is 0 Å². The fraction of sp³-hybridized carbons (Fsp3) is 0.357.